The molecule has 3 heteroatoms. The summed E-state index contributed by atoms with van der Waals surface area (Å²) in [6.07, 6.45) is 2.20. The number of hydrogen-bond acceptors (Lipinski definition) is 1. The first-order valence-electron chi connectivity index (χ1n) is 6.43. The first-order chi connectivity index (χ1) is 9.58. The minimum Gasteiger partial charge on any atom is -0.306 e. The third-order valence-electron chi connectivity index (χ3n) is 2.98. The van der Waals surface area contributed by atoms with E-state index in [4.69, 9.17) is 23.2 Å². The lowest BCUT2D eigenvalue weighted by Gasteiger charge is -2.12. The van der Waals surface area contributed by atoms with Crippen molar-refractivity contribution in [2.45, 2.75) is 0 Å². The Balaban J connectivity index is 2.46. The monoisotopic (exact) mass is 305 g/mol. The lowest BCUT2D eigenvalue weighted by atomic mass is 9.97. The summed E-state index contributed by atoms with van der Waals surface area (Å²) >= 11 is 12.1. The van der Waals surface area contributed by atoms with Gasteiger partial charge < -0.3 is 4.90 Å². The first-order valence-corrected chi connectivity index (χ1v) is 7.19. The molecule has 0 unspecified atom stereocenters. The van der Waals surface area contributed by atoms with E-state index in [-0.39, 0.29) is 0 Å². The molecule has 0 saturated carbocycles. The van der Waals surface area contributed by atoms with E-state index in [1.807, 2.05) is 50.5 Å². The average Bonchev–Trinajstić information content (AvgIpc) is 2.44. The summed E-state index contributed by atoms with van der Waals surface area (Å²) < 4.78 is 0. The molecule has 0 radical (unpaired) electrons. The Labute approximate surface area is 130 Å². The molecule has 0 atom stereocenters. The van der Waals surface area contributed by atoms with E-state index in [2.05, 4.69) is 23.1 Å². The van der Waals surface area contributed by atoms with E-state index in [1.54, 1.807) is 0 Å². The summed E-state index contributed by atoms with van der Waals surface area (Å²) in [5.74, 6) is 0. The fourth-order valence-electron chi connectivity index (χ4n) is 1.96. The van der Waals surface area contributed by atoms with Crippen molar-refractivity contribution in [3.8, 4) is 0 Å². The van der Waals surface area contributed by atoms with Gasteiger partial charge in [0, 0.05) is 6.54 Å². The fraction of sp³-hybridized carbons (Fsp3) is 0.176. The largest absolute Gasteiger partial charge is 0.306 e. The number of likely N-dealkylation sites (N-methyl/N-ethyl adjacent to an activating group) is 1. The van der Waals surface area contributed by atoms with Crippen molar-refractivity contribution in [3.63, 3.8) is 0 Å². The highest BCUT2D eigenvalue weighted by atomic mass is 35.5. The Morgan fingerprint density at radius 3 is 2.25 bits per heavy atom. The van der Waals surface area contributed by atoms with Gasteiger partial charge in [0.25, 0.3) is 0 Å². The van der Waals surface area contributed by atoms with Crippen LogP contribution in [0.2, 0.25) is 10.0 Å². The molecule has 2 aromatic carbocycles. The maximum atomic E-state index is 6.14. The van der Waals surface area contributed by atoms with Gasteiger partial charge in [-0.25, -0.2) is 0 Å². The number of hydrogen-bond donors (Lipinski definition) is 0. The maximum Gasteiger partial charge on any atom is 0.0598 e. The average molecular weight is 306 g/mol. The highest BCUT2D eigenvalue weighted by molar-refractivity contribution is 6.42. The molecule has 0 aliphatic carbocycles. The predicted molar refractivity (Wildman–Crippen MR) is 88.5 cm³/mol. The van der Waals surface area contributed by atoms with Crippen LogP contribution < -0.4 is 0 Å². The van der Waals surface area contributed by atoms with Gasteiger partial charge in [0.1, 0.15) is 0 Å². The van der Waals surface area contributed by atoms with Gasteiger partial charge in [-0.15, -0.1) is 0 Å². The fourth-order valence-corrected chi connectivity index (χ4v) is 2.26. The van der Waals surface area contributed by atoms with Gasteiger partial charge in [-0.05, 0) is 42.9 Å². The summed E-state index contributed by atoms with van der Waals surface area (Å²) in [6, 6.07) is 16.1. The van der Waals surface area contributed by atoms with E-state index >= 15 is 0 Å². The SMILES string of the molecule is CN(C)C/C=C(\c1ccccc1)c1ccc(Cl)c(Cl)c1. The zero-order valence-electron chi connectivity index (χ0n) is 11.6. The highest BCUT2D eigenvalue weighted by Gasteiger charge is 2.07. The minimum atomic E-state index is 0.579. The van der Waals surface area contributed by atoms with Gasteiger partial charge in [-0.3, -0.25) is 0 Å². The van der Waals surface area contributed by atoms with Crippen molar-refractivity contribution in [2.75, 3.05) is 20.6 Å². The molecule has 0 saturated heterocycles. The van der Waals surface area contributed by atoms with E-state index in [0.29, 0.717) is 10.0 Å². The summed E-state index contributed by atoms with van der Waals surface area (Å²) in [6.45, 7) is 0.866. The Morgan fingerprint density at radius 1 is 0.950 bits per heavy atom. The molecule has 0 heterocycles. The Hall–Kier alpha value is -1.28. The first kappa shape index (κ1) is 15.1. The summed E-state index contributed by atoms with van der Waals surface area (Å²) in [5, 5.41) is 1.16. The summed E-state index contributed by atoms with van der Waals surface area (Å²) in [4.78, 5) is 2.13. The standard InChI is InChI=1S/C17H17Cl2N/c1-20(2)11-10-15(13-6-4-3-5-7-13)14-8-9-16(18)17(19)12-14/h3-10,12H,11H2,1-2H3/b15-10+. The van der Waals surface area contributed by atoms with Gasteiger partial charge >= 0.3 is 0 Å². The maximum absolute atomic E-state index is 6.14. The topological polar surface area (TPSA) is 3.24 Å². The lowest BCUT2D eigenvalue weighted by molar-refractivity contribution is 0.457. The zero-order valence-corrected chi connectivity index (χ0v) is 13.1. The van der Waals surface area contributed by atoms with Crippen LogP contribution in [0.3, 0.4) is 0 Å². The second kappa shape index (κ2) is 6.94. The second-order valence-electron chi connectivity index (χ2n) is 4.87. The molecule has 0 N–H and O–H groups in total. The van der Waals surface area contributed by atoms with Gasteiger partial charge in [0.15, 0.2) is 0 Å². The third-order valence-corrected chi connectivity index (χ3v) is 3.71. The van der Waals surface area contributed by atoms with Crippen molar-refractivity contribution in [1.82, 2.24) is 4.90 Å². The molecule has 0 aliphatic heterocycles. The van der Waals surface area contributed by atoms with Crippen LogP contribution in [0.15, 0.2) is 54.6 Å². The molecule has 0 amide bonds. The van der Waals surface area contributed by atoms with Crippen LogP contribution in [0, 0.1) is 0 Å². The van der Waals surface area contributed by atoms with Crippen molar-refractivity contribution < 1.29 is 0 Å². The Morgan fingerprint density at radius 2 is 1.65 bits per heavy atom. The zero-order chi connectivity index (χ0) is 14.5. The number of halogens is 2. The molecule has 0 spiro atoms. The normalized spacial score (nSPS) is 11.9. The molecular weight excluding hydrogens is 289 g/mol. The van der Waals surface area contributed by atoms with Crippen molar-refractivity contribution in [3.05, 3.63) is 75.8 Å². The van der Waals surface area contributed by atoms with Crippen LogP contribution in [-0.4, -0.2) is 25.5 Å². The molecule has 0 aromatic heterocycles. The van der Waals surface area contributed by atoms with E-state index in [1.165, 1.54) is 5.56 Å². The van der Waals surface area contributed by atoms with Crippen molar-refractivity contribution in [2.24, 2.45) is 0 Å². The van der Waals surface area contributed by atoms with Crippen LogP contribution in [0.1, 0.15) is 11.1 Å². The van der Waals surface area contributed by atoms with Crippen LogP contribution in [-0.2, 0) is 0 Å². The molecule has 0 aliphatic rings. The molecule has 2 aromatic rings. The van der Waals surface area contributed by atoms with Gasteiger partial charge in [-0.2, -0.15) is 0 Å². The van der Waals surface area contributed by atoms with E-state index < -0.39 is 0 Å². The Kier molecular flexibility index (Phi) is 5.24. The van der Waals surface area contributed by atoms with Crippen molar-refractivity contribution in [1.29, 1.82) is 0 Å². The van der Waals surface area contributed by atoms with Crippen LogP contribution >= 0.6 is 23.2 Å². The molecule has 1 nitrogen and oxygen atoms in total. The van der Waals surface area contributed by atoms with Crippen LogP contribution in [0.25, 0.3) is 5.57 Å². The van der Waals surface area contributed by atoms with Gasteiger partial charge in [0.2, 0.25) is 0 Å². The smallest absolute Gasteiger partial charge is 0.0598 e. The van der Waals surface area contributed by atoms with Crippen LogP contribution in [0.5, 0.6) is 0 Å². The quantitative estimate of drug-likeness (QED) is 0.769. The minimum absolute atomic E-state index is 0.579. The second-order valence-corrected chi connectivity index (χ2v) is 5.69. The highest BCUT2D eigenvalue weighted by Crippen LogP contribution is 2.29. The third kappa shape index (κ3) is 3.86. The summed E-state index contributed by atoms with van der Waals surface area (Å²) in [5.41, 5.74) is 3.41. The molecule has 2 rings (SSSR count). The van der Waals surface area contributed by atoms with E-state index in [0.717, 1.165) is 17.7 Å². The lowest BCUT2D eigenvalue weighted by Crippen LogP contribution is -2.11. The molecule has 0 bridgehead atoms. The molecular formula is C17H17Cl2N. The number of rotatable bonds is 4. The Bertz CT molecular complexity index is 604. The molecule has 20 heavy (non-hydrogen) atoms. The van der Waals surface area contributed by atoms with Crippen molar-refractivity contribution >= 4 is 28.8 Å². The molecule has 104 valence electrons. The molecule has 0 fully saturated rings. The summed E-state index contributed by atoms with van der Waals surface area (Å²) in [7, 11) is 4.10. The van der Waals surface area contributed by atoms with Gasteiger partial charge in [-0.1, -0.05) is 65.7 Å². The number of nitrogens with zero attached hydrogens (tertiary/aromatic N) is 1. The number of benzene rings is 2. The van der Waals surface area contributed by atoms with Crippen LogP contribution in [0.4, 0.5) is 0 Å². The van der Waals surface area contributed by atoms with Gasteiger partial charge in [0.05, 0.1) is 10.0 Å². The predicted octanol–water partition coefficient (Wildman–Crippen LogP) is 4.99. The van der Waals surface area contributed by atoms with E-state index in [9.17, 15) is 0 Å².